The van der Waals surface area contributed by atoms with Crippen molar-refractivity contribution in [2.24, 2.45) is 5.92 Å². The summed E-state index contributed by atoms with van der Waals surface area (Å²) in [5.41, 5.74) is 2.61. The van der Waals surface area contributed by atoms with Crippen LogP contribution in [0.4, 0.5) is 0 Å². The lowest BCUT2D eigenvalue weighted by molar-refractivity contribution is -0.124. The molecule has 0 N–H and O–H groups in total. The van der Waals surface area contributed by atoms with Crippen LogP contribution < -0.4 is 0 Å². The SMILES string of the molecule is O=C(CCc1ccccc1)[C@@H]1CCCN(C(=O)c2ccc3occc3c2)C1. The van der Waals surface area contributed by atoms with Crippen molar-refractivity contribution in [1.82, 2.24) is 4.90 Å². The second kappa shape index (κ2) is 7.78. The highest BCUT2D eigenvalue weighted by Crippen LogP contribution is 2.23. The largest absolute Gasteiger partial charge is 0.464 e. The number of nitrogens with zero attached hydrogens (tertiary/aromatic N) is 1. The van der Waals surface area contributed by atoms with Gasteiger partial charge in [0.1, 0.15) is 11.4 Å². The van der Waals surface area contributed by atoms with Gasteiger partial charge in [-0.1, -0.05) is 30.3 Å². The summed E-state index contributed by atoms with van der Waals surface area (Å²) in [7, 11) is 0. The maximum absolute atomic E-state index is 12.9. The Morgan fingerprint density at radius 2 is 1.93 bits per heavy atom. The zero-order valence-corrected chi connectivity index (χ0v) is 15.3. The number of ketones is 1. The normalized spacial score (nSPS) is 17.2. The molecule has 1 fully saturated rings. The predicted molar refractivity (Wildman–Crippen MR) is 105 cm³/mol. The van der Waals surface area contributed by atoms with Crippen molar-refractivity contribution in [3.05, 3.63) is 72.0 Å². The van der Waals surface area contributed by atoms with Crippen LogP contribution in [-0.2, 0) is 11.2 Å². The first kappa shape index (κ1) is 17.5. The molecular weight excluding hydrogens is 338 g/mol. The molecule has 0 unspecified atom stereocenters. The highest BCUT2D eigenvalue weighted by molar-refractivity contribution is 5.98. The van der Waals surface area contributed by atoms with Gasteiger partial charge in [-0.2, -0.15) is 0 Å². The van der Waals surface area contributed by atoms with Crippen molar-refractivity contribution in [2.75, 3.05) is 13.1 Å². The molecule has 4 heteroatoms. The van der Waals surface area contributed by atoms with Crippen LogP contribution in [0, 0.1) is 5.92 Å². The van der Waals surface area contributed by atoms with Gasteiger partial charge in [0.2, 0.25) is 0 Å². The van der Waals surface area contributed by atoms with Crippen molar-refractivity contribution in [1.29, 1.82) is 0 Å². The third-order valence-electron chi connectivity index (χ3n) is 5.37. The molecule has 4 rings (SSSR count). The zero-order chi connectivity index (χ0) is 18.6. The van der Waals surface area contributed by atoms with Crippen LogP contribution in [0.1, 0.15) is 35.2 Å². The number of Topliss-reactive ketones (excluding diaryl/α,β-unsaturated/α-hetero) is 1. The van der Waals surface area contributed by atoms with Gasteiger partial charge in [0.15, 0.2) is 0 Å². The Bertz CT molecular complexity index is 944. The average Bonchev–Trinajstić information content (AvgIpc) is 3.20. The number of rotatable bonds is 5. The summed E-state index contributed by atoms with van der Waals surface area (Å²) in [4.78, 5) is 27.4. The first-order chi connectivity index (χ1) is 13.2. The number of likely N-dealkylation sites (tertiary alicyclic amines) is 1. The Morgan fingerprint density at radius 1 is 1.07 bits per heavy atom. The van der Waals surface area contributed by atoms with Gasteiger partial charge in [-0.05, 0) is 49.1 Å². The van der Waals surface area contributed by atoms with Gasteiger partial charge in [-0.3, -0.25) is 9.59 Å². The molecule has 0 radical (unpaired) electrons. The summed E-state index contributed by atoms with van der Waals surface area (Å²) in [6.07, 6.45) is 4.68. The third kappa shape index (κ3) is 3.95. The molecule has 1 saturated heterocycles. The van der Waals surface area contributed by atoms with Crippen LogP contribution >= 0.6 is 0 Å². The first-order valence-electron chi connectivity index (χ1n) is 9.54. The van der Waals surface area contributed by atoms with E-state index in [1.54, 1.807) is 12.3 Å². The number of hydrogen-bond donors (Lipinski definition) is 0. The molecule has 4 nitrogen and oxygen atoms in total. The monoisotopic (exact) mass is 361 g/mol. The van der Waals surface area contributed by atoms with E-state index in [0.29, 0.717) is 25.1 Å². The minimum absolute atomic E-state index is 0.00124. The maximum Gasteiger partial charge on any atom is 0.253 e. The van der Waals surface area contributed by atoms with Crippen LogP contribution in [-0.4, -0.2) is 29.7 Å². The van der Waals surface area contributed by atoms with Crippen LogP contribution in [0.25, 0.3) is 11.0 Å². The van der Waals surface area contributed by atoms with Crippen molar-refractivity contribution in [2.45, 2.75) is 25.7 Å². The Labute approximate surface area is 158 Å². The maximum atomic E-state index is 12.9. The number of piperidine rings is 1. The van der Waals surface area contributed by atoms with E-state index in [1.807, 2.05) is 41.3 Å². The molecule has 3 aromatic rings. The van der Waals surface area contributed by atoms with Crippen molar-refractivity contribution >= 4 is 22.7 Å². The molecule has 1 aromatic heterocycles. The molecule has 0 aliphatic carbocycles. The smallest absolute Gasteiger partial charge is 0.253 e. The van der Waals surface area contributed by atoms with Crippen LogP contribution in [0.5, 0.6) is 0 Å². The fourth-order valence-electron chi connectivity index (χ4n) is 3.82. The van der Waals surface area contributed by atoms with E-state index >= 15 is 0 Å². The Balaban J connectivity index is 1.39. The Kier molecular flexibility index (Phi) is 5.05. The lowest BCUT2D eigenvalue weighted by atomic mass is 9.90. The van der Waals surface area contributed by atoms with Gasteiger partial charge >= 0.3 is 0 Å². The molecule has 2 heterocycles. The van der Waals surface area contributed by atoms with Gasteiger partial charge in [-0.15, -0.1) is 0 Å². The van der Waals surface area contributed by atoms with Crippen molar-refractivity contribution < 1.29 is 14.0 Å². The second-order valence-electron chi connectivity index (χ2n) is 7.22. The first-order valence-corrected chi connectivity index (χ1v) is 9.54. The molecule has 1 atom stereocenters. The molecular formula is C23H23NO3. The molecule has 1 amide bonds. The number of benzene rings is 2. The number of aryl methyl sites for hydroxylation is 1. The predicted octanol–water partition coefficient (Wildman–Crippen LogP) is 4.49. The van der Waals surface area contributed by atoms with E-state index < -0.39 is 0 Å². The lowest BCUT2D eigenvalue weighted by Crippen LogP contribution is -2.42. The van der Waals surface area contributed by atoms with Gasteiger partial charge in [0.25, 0.3) is 5.91 Å². The minimum Gasteiger partial charge on any atom is -0.464 e. The molecule has 0 saturated carbocycles. The Morgan fingerprint density at radius 3 is 2.78 bits per heavy atom. The number of furan rings is 1. The van der Waals surface area contributed by atoms with E-state index in [-0.39, 0.29) is 17.6 Å². The van der Waals surface area contributed by atoms with Gasteiger partial charge in [0.05, 0.1) is 6.26 Å². The van der Waals surface area contributed by atoms with E-state index in [9.17, 15) is 9.59 Å². The van der Waals surface area contributed by atoms with Crippen molar-refractivity contribution in [3.8, 4) is 0 Å². The summed E-state index contributed by atoms with van der Waals surface area (Å²) >= 11 is 0. The third-order valence-corrected chi connectivity index (χ3v) is 5.37. The molecule has 1 aliphatic heterocycles. The second-order valence-corrected chi connectivity index (χ2v) is 7.22. The van der Waals surface area contributed by atoms with E-state index in [2.05, 4.69) is 12.1 Å². The van der Waals surface area contributed by atoms with Gasteiger partial charge in [0, 0.05) is 36.4 Å². The number of carbonyl (C=O) groups is 2. The average molecular weight is 361 g/mol. The highest BCUT2D eigenvalue weighted by atomic mass is 16.3. The quantitative estimate of drug-likeness (QED) is 0.673. The van der Waals surface area contributed by atoms with Crippen LogP contribution in [0.2, 0.25) is 0 Å². The number of fused-ring (bicyclic) bond motifs is 1. The minimum atomic E-state index is -0.0518. The number of hydrogen-bond acceptors (Lipinski definition) is 3. The summed E-state index contributed by atoms with van der Waals surface area (Å²) < 4.78 is 5.34. The summed E-state index contributed by atoms with van der Waals surface area (Å²) in [5.74, 6) is 0.212. The topological polar surface area (TPSA) is 50.5 Å². The summed E-state index contributed by atoms with van der Waals surface area (Å²) in [6, 6.07) is 17.4. The van der Waals surface area contributed by atoms with E-state index in [4.69, 9.17) is 4.42 Å². The Hall–Kier alpha value is -2.88. The highest BCUT2D eigenvalue weighted by Gasteiger charge is 2.28. The van der Waals surface area contributed by atoms with Crippen LogP contribution in [0.15, 0.2) is 65.3 Å². The van der Waals surface area contributed by atoms with E-state index in [0.717, 1.165) is 30.2 Å². The fraction of sp³-hybridized carbons (Fsp3) is 0.304. The number of carbonyl (C=O) groups excluding carboxylic acids is 2. The molecule has 2 aromatic carbocycles. The standard InChI is InChI=1S/C23H23NO3/c25-21(10-8-17-5-2-1-3-6-17)20-7-4-13-24(16-20)23(26)19-9-11-22-18(15-19)12-14-27-22/h1-3,5-6,9,11-12,14-15,20H,4,7-8,10,13,16H2/t20-/m1/s1. The molecule has 138 valence electrons. The van der Waals surface area contributed by atoms with Gasteiger partial charge in [-0.25, -0.2) is 0 Å². The molecule has 0 spiro atoms. The zero-order valence-electron chi connectivity index (χ0n) is 15.3. The van der Waals surface area contributed by atoms with Gasteiger partial charge < -0.3 is 9.32 Å². The van der Waals surface area contributed by atoms with Crippen molar-refractivity contribution in [3.63, 3.8) is 0 Å². The molecule has 27 heavy (non-hydrogen) atoms. The van der Waals surface area contributed by atoms with E-state index in [1.165, 1.54) is 5.56 Å². The molecule has 0 bridgehead atoms. The fourth-order valence-corrected chi connectivity index (χ4v) is 3.82. The number of amides is 1. The molecule has 1 aliphatic rings. The summed E-state index contributed by atoms with van der Waals surface area (Å²) in [6.45, 7) is 1.24. The summed E-state index contributed by atoms with van der Waals surface area (Å²) in [5, 5.41) is 0.924. The van der Waals surface area contributed by atoms with Crippen LogP contribution in [0.3, 0.4) is 0 Å². The lowest BCUT2D eigenvalue weighted by Gasteiger charge is -2.32.